The normalized spacial score (nSPS) is 11.9. The summed E-state index contributed by atoms with van der Waals surface area (Å²) in [6.45, 7) is 3.86. The van der Waals surface area contributed by atoms with Gasteiger partial charge in [-0.15, -0.1) is 0 Å². The third kappa shape index (κ3) is 4.19. The molecular weight excluding hydrogens is 240 g/mol. The second kappa shape index (κ2) is 5.48. The molecule has 0 aliphatic heterocycles. The highest BCUT2D eigenvalue weighted by atomic mass is 35.7. The highest BCUT2D eigenvalue weighted by Gasteiger charge is 2.12. The minimum absolute atomic E-state index is 0.0283. The first-order chi connectivity index (χ1) is 7.04. The molecule has 0 atom stereocenters. The van der Waals surface area contributed by atoms with Gasteiger partial charge in [-0.3, -0.25) is 4.68 Å². The average Bonchev–Trinajstić information content (AvgIpc) is 2.60. The Labute approximate surface area is 93.4 Å². The molecule has 1 aromatic heterocycles. The summed E-state index contributed by atoms with van der Waals surface area (Å²) in [6, 6.07) is 0. The highest BCUT2D eigenvalue weighted by molar-refractivity contribution is 8.13. The van der Waals surface area contributed by atoms with Crippen LogP contribution in [0.1, 0.15) is 13.3 Å². The Morgan fingerprint density at radius 3 is 2.87 bits per heavy atom. The molecule has 0 aliphatic rings. The number of ether oxygens (including phenoxy) is 1. The van der Waals surface area contributed by atoms with Crippen LogP contribution in [0.25, 0.3) is 0 Å². The number of hydrogen-bond acceptors (Lipinski definition) is 4. The predicted molar refractivity (Wildman–Crippen MR) is 56.4 cm³/mol. The molecule has 0 spiro atoms. The summed E-state index contributed by atoms with van der Waals surface area (Å²) in [7, 11) is 1.49. The Kier molecular flexibility index (Phi) is 4.56. The summed E-state index contributed by atoms with van der Waals surface area (Å²) in [5.74, 6) is 0. The summed E-state index contributed by atoms with van der Waals surface area (Å²) in [5, 5.41) is 3.88. The third-order valence-corrected chi connectivity index (χ3v) is 3.08. The number of aromatic nitrogens is 2. The molecule has 0 N–H and O–H groups in total. The monoisotopic (exact) mass is 252 g/mol. The Hall–Kier alpha value is -0.590. The second-order valence-electron chi connectivity index (χ2n) is 2.93. The summed E-state index contributed by atoms with van der Waals surface area (Å²) >= 11 is 0. The zero-order valence-corrected chi connectivity index (χ0v) is 9.96. The Bertz CT molecular complexity index is 402. The first-order valence-corrected chi connectivity index (χ1v) is 6.90. The van der Waals surface area contributed by atoms with E-state index in [1.54, 1.807) is 0 Å². The van der Waals surface area contributed by atoms with Crippen molar-refractivity contribution in [3.05, 3.63) is 12.4 Å². The van der Waals surface area contributed by atoms with Gasteiger partial charge in [-0.25, -0.2) is 8.42 Å². The zero-order chi connectivity index (χ0) is 11.3. The average molecular weight is 253 g/mol. The molecule has 0 unspecified atom stereocenters. The fraction of sp³-hybridized carbons (Fsp3) is 0.625. The van der Waals surface area contributed by atoms with Crippen LogP contribution < -0.4 is 0 Å². The van der Waals surface area contributed by atoms with Gasteiger partial charge in [0.05, 0.1) is 6.20 Å². The lowest BCUT2D eigenvalue weighted by molar-refractivity contribution is 0.141. The molecule has 1 rings (SSSR count). The minimum Gasteiger partial charge on any atom is -0.382 e. The van der Waals surface area contributed by atoms with Crippen molar-refractivity contribution in [1.82, 2.24) is 9.78 Å². The molecule has 7 heteroatoms. The summed E-state index contributed by atoms with van der Waals surface area (Å²) in [5.41, 5.74) is 0. The van der Waals surface area contributed by atoms with Crippen molar-refractivity contribution in [1.29, 1.82) is 0 Å². The van der Waals surface area contributed by atoms with Crippen LogP contribution >= 0.6 is 10.7 Å². The summed E-state index contributed by atoms with van der Waals surface area (Å²) in [4.78, 5) is 0.0283. The van der Waals surface area contributed by atoms with Crippen molar-refractivity contribution in [3.8, 4) is 0 Å². The largest absolute Gasteiger partial charge is 0.382 e. The van der Waals surface area contributed by atoms with Gasteiger partial charge in [0.25, 0.3) is 9.05 Å². The van der Waals surface area contributed by atoms with E-state index in [4.69, 9.17) is 15.4 Å². The fourth-order valence-corrected chi connectivity index (χ4v) is 1.73. The van der Waals surface area contributed by atoms with Gasteiger partial charge in [-0.05, 0) is 13.3 Å². The first kappa shape index (κ1) is 12.5. The van der Waals surface area contributed by atoms with E-state index in [1.807, 2.05) is 6.92 Å². The van der Waals surface area contributed by atoms with E-state index >= 15 is 0 Å². The van der Waals surface area contributed by atoms with Gasteiger partial charge in [0.1, 0.15) is 4.90 Å². The van der Waals surface area contributed by atoms with Crippen molar-refractivity contribution >= 4 is 19.7 Å². The molecule has 15 heavy (non-hydrogen) atoms. The molecule has 0 bridgehead atoms. The molecule has 5 nitrogen and oxygen atoms in total. The summed E-state index contributed by atoms with van der Waals surface area (Å²) in [6.07, 6.45) is 3.44. The first-order valence-electron chi connectivity index (χ1n) is 4.59. The van der Waals surface area contributed by atoms with Crippen molar-refractivity contribution in [3.63, 3.8) is 0 Å². The number of rotatable bonds is 6. The van der Waals surface area contributed by atoms with Crippen molar-refractivity contribution in [2.24, 2.45) is 0 Å². The number of nitrogens with zero attached hydrogens (tertiary/aromatic N) is 2. The quantitative estimate of drug-likeness (QED) is 0.565. The Morgan fingerprint density at radius 2 is 2.33 bits per heavy atom. The number of hydrogen-bond donors (Lipinski definition) is 0. The summed E-state index contributed by atoms with van der Waals surface area (Å²) < 4.78 is 28.5. The van der Waals surface area contributed by atoms with Gasteiger partial charge in [0.2, 0.25) is 0 Å². The van der Waals surface area contributed by atoms with E-state index in [9.17, 15) is 8.42 Å². The lowest BCUT2D eigenvalue weighted by atomic mass is 10.4. The van der Waals surface area contributed by atoms with E-state index in [1.165, 1.54) is 17.1 Å². The van der Waals surface area contributed by atoms with Gasteiger partial charge in [0, 0.05) is 36.6 Å². The molecule has 0 amide bonds. The van der Waals surface area contributed by atoms with Crippen molar-refractivity contribution < 1.29 is 13.2 Å². The van der Waals surface area contributed by atoms with Crippen LogP contribution in [0, 0.1) is 0 Å². The van der Waals surface area contributed by atoms with Gasteiger partial charge in [-0.1, -0.05) is 0 Å². The van der Waals surface area contributed by atoms with Crippen LogP contribution in [-0.2, 0) is 20.3 Å². The third-order valence-electron chi connectivity index (χ3n) is 1.77. The second-order valence-corrected chi connectivity index (χ2v) is 5.49. The van der Waals surface area contributed by atoms with Crippen molar-refractivity contribution in [2.45, 2.75) is 24.8 Å². The standard InChI is InChI=1S/C8H13ClN2O3S/c1-2-14-5-3-4-11-7-8(6-10-11)15(9,12)13/h6-7H,2-5H2,1H3. The maximum absolute atomic E-state index is 10.9. The molecule has 86 valence electrons. The lowest BCUT2D eigenvalue weighted by Gasteiger charge is -2.01. The van der Waals surface area contributed by atoms with E-state index in [0.717, 1.165) is 6.42 Å². The molecule has 1 heterocycles. The van der Waals surface area contributed by atoms with Gasteiger partial charge >= 0.3 is 0 Å². The maximum Gasteiger partial charge on any atom is 0.264 e. The van der Waals surface area contributed by atoms with E-state index in [2.05, 4.69) is 5.10 Å². The lowest BCUT2D eigenvalue weighted by Crippen LogP contribution is -2.02. The minimum atomic E-state index is -3.66. The molecule has 0 saturated heterocycles. The smallest absolute Gasteiger partial charge is 0.264 e. The fourth-order valence-electron chi connectivity index (χ4n) is 1.07. The maximum atomic E-state index is 10.9. The van der Waals surface area contributed by atoms with Crippen LogP contribution in [-0.4, -0.2) is 31.4 Å². The van der Waals surface area contributed by atoms with Crippen LogP contribution in [0.5, 0.6) is 0 Å². The molecule has 0 radical (unpaired) electrons. The molecule has 0 fully saturated rings. The van der Waals surface area contributed by atoms with E-state index in [0.29, 0.717) is 19.8 Å². The van der Waals surface area contributed by atoms with Crippen LogP contribution in [0.3, 0.4) is 0 Å². The van der Waals surface area contributed by atoms with Gasteiger partial charge in [-0.2, -0.15) is 5.10 Å². The Balaban J connectivity index is 2.47. The molecule has 0 aromatic carbocycles. The van der Waals surface area contributed by atoms with E-state index < -0.39 is 9.05 Å². The van der Waals surface area contributed by atoms with Gasteiger partial charge < -0.3 is 4.74 Å². The molecular formula is C8H13ClN2O3S. The van der Waals surface area contributed by atoms with E-state index in [-0.39, 0.29) is 4.90 Å². The SMILES string of the molecule is CCOCCCn1cc(S(=O)(=O)Cl)cn1. The van der Waals surface area contributed by atoms with Crippen molar-refractivity contribution in [2.75, 3.05) is 13.2 Å². The zero-order valence-electron chi connectivity index (χ0n) is 8.39. The predicted octanol–water partition coefficient (Wildman–Crippen LogP) is 1.24. The number of aryl methyl sites for hydroxylation is 1. The molecule has 1 aromatic rings. The van der Waals surface area contributed by atoms with Crippen LogP contribution in [0.15, 0.2) is 17.3 Å². The van der Waals surface area contributed by atoms with Crippen LogP contribution in [0.2, 0.25) is 0 Å². The molecule has 0 aliphatic carbocycles. The highest BCUT2D eigenvalue weighted by Crippen LogP contribution is 2.12. The van der Waals surface area contributed by atoms with Crippen LogP contribution in [0.4, 0.5) is 0 Å². The van der Waals surface area contributed by atoms with Gasteiger partial charge in [0.15, 0.2) is 0 Å². The number of halogens is 1. The molecule has 0 saturated carbocycles. The topological polar surface area (TPSA) is 61.2 Å². The Morgan fingerprint density at radius 1 is 1.60 bits per heavy atom.